The van der Waals surface area contributed by atoms with E-state index in [-0.39, 0.29) is 0 Å². The quantitative estimate of drug-likeness (QED) is 0.461. The maximum Gasteiger partial charge on any atom is 0.186 e. The molecular weight excluding hydrogens is 280 g/mol. The molecule has 118 valence electrons. The molecule has 0 saturated carbocycles. The average Bonchev–Trinajstić information content (AvgIpc) is 2.64. The summed E-state index contributed by atoms with van der Waals surface area (Å²) in [7, 11) is 0. The summed E-state index contributed by atoms with van der Waals surface area (Å²) >= 11 is 0. The molecule has 21 heavy (non-hydrogen) atoms. The largest absolute Gasteiger partial charge is 0.508 e. The summed E-state index contributed by atoms with van der Waals surface area (Å²) in [5.74, 6) is -1.05. The summed E-state index contributed by atoms with van der Waals surface area (Å²) in [5, 5.41) is 48.2. The second-order valence-corrected chi connectivity index (χ2v) is 4.27. The summed E-state index contributed by atoms with van der Waals surface area (Å²) in [6, 6.07) is -4.08. The highest BCUT2D eigenvalue weighted by Gasteiger charge is 2.43. The van der Waals surface area contributed by atoms with E-state index in [4.69, 9.17) is 25.5 Å². The summed E-state index contributed by atoms with van der Waals surface area (Å²) < 4.78 is 72.5. The Morgan fingerprint density at radius 2 is 1.81 bits per heavy atom. The summed E-state index contributed by atoms with van der Waals surface area (Å²) in [4.78, 5) is 0. The first-order valence-corrected chi connectivity index (χ1v) is 5.97. The van der Waals surface area contributed by atoms with Crippen molar-refractivity contribution < 1.29 is 46.0 Å². The van der Waals surface area contributed by atoms with Crippen LogP contribution >= 0.6 is 0 Å². The molecule has 2 rings (SSSR count). The minimum atomic E-state index is -3.46. The molecule has 1 fully saturated rings. The highest BCUT2D eigenvalue weighted by Crippen LogP contribution is 2.22. The molecule has 0 spiro atoms. The maximum atomic E-state index is 9.96. The van der Waals surface area contributed by atoms with Gasteiger partial charge >= 0.3 is 0 Å². The summed E-state index contributed by atoms with van der Waals surface area (Å²) in [5.41, 5.74) is -1.06. The van der Waals surface area contributed by atoms with E-state index in [0.717, 1.165) is 0 Å². The Morgan fingerprint density at radius 1 is 1.14 bits per heavy atom. The molecule has 0 amide bonds. The molecule has 1 saturated heterocycles. The fourth-order valence-corrected chi connectivity index (χ4v) is 1.67. The van der Waals surface area contributed by atoms with Crippen molar-refractivity contribution in [2.24, 2.45) is 0 Å². The third-order valence-corrected chi connectivity index (χ3v) is 2.81. The third-order valence-electron chi connectivity index (χ3n) is 2.81. The molecule has 0 aliphatic carbocycles. The van der Waals surface area contributed by atoms with Gasteiger partial charge in [0.25, 0.3) is 0 Å². The number of hydrogen-bond acceptors (Lipinski definition) is 7. The van der Waals surface area contributed by atoms with Gasteiger partial charge < -0.3 is 35.0 Å². The number of aliphatic hydroxyl groups excluding tert-OH is 4. The van der Waals surface area contributed by atoms with E-state index in [1.165, 1.54) is 0 Å². The SMILES string of the molecule is [2H]c1c([2H])c(C([2H])([2H])C([2H])([2H])O[C@H]2O[C@H](CO)[C@@H](O)[C@H](O)[C@H]2O)c([2H])c([2H])c1O. The van der Waals surface area contributed by atoms with E-state index in [9.17, 15) is 20.4 Å². The zero-order valence-corrected chi connectivity index (χ0v) is 10.6. The van der Waals surface area contributed by atoms with Gasteiger partial charge in [-0.2, -0.15) is 0 Å². The van der Waals surface area contributed by atoms with Crippen LogP contribution in [0.5, 0.6) is 5.75 Å². The van der Waals surface area contributed by atoms with Crippen LogP contribution in [0.1, 0.15) is 16.5 Å². The van der Waals surface area contributed by atoms with E-state index >= 15 is 0 Å². The molecule has 0 unspecified atom stereocenters. The Morgan fingerprint density at radius 3 is 2.43 bits per heavy atom. The number of benzene rings is 1. The lowest BCUT2D eigenvalue weighted by Crippen LogP contribution is -2.59. The van der Waals surface area contributed by atoms with Gasteiger partial charge in [0.1, 0.15) is 30.2 Å². The Hall–Kier alpha value is -1.22. The lowest BCUT2D eigenvalue weighted by molar-refractivity contribution is -0.300. The van der Waals surface area contributed by atoms with Crippen molar-refractivity contribution in [1.82, 2.24) is 0 Å². The first-order chi connectivity index (χ1) is 13.2. The Labute approximate surface area is 133 Å². The summed E-state index contributed by atoms with van der Waals surface area (Å²) in [6.45, 7) is -4.29. The molecule has 1 heterocycles. The van der Waals surface area contributed by atoms with Crippen LogP contribution in [0.3, 0.4) is 0 Å². The molecule has 0 radical (unpaired) electrons. The van der Waals surface area contributed by atoms with Gasteiger partial charge in [0, 0.05) is 2.74 Å². The molecule has 7 heteroatoms. The number of rotatable bonds is 5. The molecule has 7 nitrogen and oxygen atoms in total. The normalized spacial score (nSPS) is 39.9. The van der Waals surface area contributed by atoms with E-state index in [2.05, 4.69) is 0 Å². The molecule has 1 aliphatic heterocycles. The summed E-state index contributed by atoms with van der Waals surface area (Å²) in [6.07, 6.45) is -12.6. The van der Waals surface area contributed by atoms with Crippen molar-refractivity contribution in [1.29, 1.82) is 0 Å². The van der Waals surface area contributed by atoms with Crippen LogP contribution in [0.2, 0.25) is 0 Å². The molecular formula is C14H20O7. The zero-order valence-electron chi connectivity index (χ0n) is 18.6. The first kappa shape index (κ1) is 8.42. The fourth-order valence-electron chi connectivity index (χ4n) is 1.67. The minimum Gasteiger partial charge on any atom is -0.508 e. The van der Waals surface area contributed by atoms with Crippen molar-refractivity contribution in [2.75, 3.05) is 13.2 Å². The van der Waals surface area contributed by atoms with Gasteiger partial charge in [-0.15, -0.1) is 0 Å². The van der Waals surface area contributed by atoms with Crippen LogP contribution < -0.4 is 0 Å². The van der Waals surface area contributed by atoms with Crippen molar-refractivity contribution >= 4 is 0 Å². The molecule has 0 bridgehead atoms. The number of phenolic OH excluding ortho intramolecular Hbond substituents is 1. The van der Waals surface area contributed by atoms with E-state index < -0.39 is 85.7 Å². The van der Waals surface area contributed by atoms with Gasteiger partial charge in [0.2, 0.25) is 0 Å². The smallest absolute Gasteiger partial charge is 0.186 e. The number of phenols is 1. The molecule has 5 N–H and O–H groups in total. The predicted molar refractivity (Wildman–Crippen MR) is 71.5 cm³/mol. The van der Waals surface area contributed by atoms with E-state index in [1.807, 2.05) is 0 Å². The van der Waals surface area contributed by atoms with Gasteiger partial charge in [-0.25, -0.2) is 0 Å². The van der Waals surface area contributed by atoms with E-state index in [1.54, 1.807) is 0 Å². The van der Waals surface area contributed by atoms with Crippen molar-refractivity contribution in [3.63, 3.8) is 0 Å². The standard InChI is InChI=1S/C14H20O7/c15-7-10-11(17)12(18)13(19)14(21-10)20-6-5-8-1-3-9(16)4-2-8/h1-4,10-19H,5-7H2/t10-,11-,12+,13-,14+/m1/s1/i1D,2D,3D,4D,5D2,6D2. The highest BCUT2D eigenvalue weighted by atomic mass is 16.7. The Kier molecular flexibility index (Phi) is 2.87. The molecule has 1 aliphatic rings. The topological polar surface area (TPSA) is 120 Å². The molecule has 1 aromatic carbocycles. The Bertz CT molecular complexity index is 746. The highest BCUT2D eigenvalue weighted by molar-refractivity contribution is 5.25. The van der Waals surface area contributed by atoms with Gasteiger partial charge in [-0.05, 0) is 24.0 Å². The van der Waals surface area contributed by atoms with Crippen LogP contribution in [0, 0.1) is 0 Å². The molecule has 1 aromatic rings. The molecule has 5 atom stereocenters. The van der Waals surface area contributed by atoms with Crippen LogP contribution in [-0.4, -0.2) is 69.4 Å². The van der Waals surface area contributed by atoms with Gasteiger partial charge in [-0.1, -0.05) is 12.1 Å². The monoisotopic (exact) mass is 308 g/mol. The molecule has 0 aromatic heterocycles. The second kappa shape index (κ2) is 7.17. The van der Waals surface area contributed by atoms with Crippen molar-refractivity contribution in [3.05, 3.63) is 29.7 Å². The van der Waals surface area contributed by atoms with Crippen LogP contribution in [-0.2, 0) is 15.8 Å². The van der Waals surface area contributed by atoms with Crippen LogP contribution in [0.15, 0.2) is 24.2 Å². The maximum absolute atomic E-state index is 9.96. The zero-order chi connectivity index (χ0) is 22.5. The number of hydrogen-bond donors (Lipinski definition) is 5. The predicted octanol–water partition coefficient (Wildman–Crippen LogP) is -1.25. The minimum absolute atomic E-state index is 0.837. The first-order valence-electron chi connectivity index (χ1n) is 9.97. The average molecular weight is 308 g/mol. The number of aliphatic hydroxyl groups is 4. The van der Waals surface area contributed by atoms with Gasteiger partial charge in [-0.3, -0.25) is 0 Å². The lowest BCUT2D eigenvalue weighted by atomic mass is 9.99. The van der Waals surface area contributed by atoms with Crippen LogP contribution in [0.4, 0.5) is 0 Å². The number of aromatic hydroxyl groups is 1. The number of ether oxygens (including phenoxy) is 2. The van der Waals surface area contributed by atoms with Gasteiger partial charge in [0.05, 0.1) is 21.4 Å². The van der Waals surface area contributed by atoms with Gasteiger partial charge in [0.15, 0.2) is 6.29 Å². The third kappa shape index (κ3) is 3.91. The van der Waals surface area contributed by atoms with Crippen molar-refractivity contribution in [2.45, 2.75) is 37.1 Å². The Balaban J connectivity index is 2.45. The van der Waals surface area contributed by atoms with E-state index in [0.29, 0.717) is 0 Å². The lowest BCUT2D eigenvalue weighted by Gasteiger charge is -2.39. The van der Waals surface area contributed by atoms with Crippen LogP contribution in [0.25, 0.3) is 0 Å². The fraction of sp³-hybridized carbons (Fsp3) is 0.571. The second-order valence-electron chi connectivity index (χ2n) is 4.27. The van der Waals surface area contributed by atoms with Crippen molar-refractivity contribution in [3.8, 4) is 5.75 Å².